The van der Waals surface area contributed by atoms with Crippen LogP contribution in [-0.2, 0) is 6.42 Å². The number of para-hydroxylation sites is 1. The monoisotopic (exact) mass is 395 g/mol. The van der Waals surface area contributed by atoms with Crippen molar-refractivity contribution < 1.29 is 4.39 Å². The summed E-state index contributed by atoms with van der Waals surface area (Å²) in [6.45, 7) is 2.60. The zero-order valence-electron chi connectivity index (χ0n) is 15.3. The fourth-order valence-corrected chi connectivity index (χ4v) is 3.26. The van der Waals surface area contributed by atoms with E-state index in [2.05, 4.69) is 37.7 Å². The highest BCUT2D eigenvalue weighted by atomic mass is 35.5. The lowest BCUT2D eigenvalue weighted by molar-refractivity contribution is 0.628. The van der Waals surface area contributed by atoms with E-state index in [0.717, 1.165) is 17.6 Å². The molecular weight excluding hydrogens is 377 g/mol. The van der Waals surface area contributed by atoms with E-state index < -0.39 is 5.82 Å². The van der Waals surface area contributed by atoms with Gasteiger partial charge in [-0.3, -0.25) is 0 Å². The van der Waals surface area contributed by atoms with Gasteiger partial charge in [0, 0.05) is 41.1 Å². The second kappa shape index (κ2) is 7.86. The molecule has 7 heteroatoms. The summed E-state index contributed by atoms with van der Waals surface area (Å²) in [7, 11) is 0. The predicted molar refractivity (Wildman–Crippen MR) is 112 cm³/mol. The maximum atomic E-state index is 13.3. The van der Waals surface area contributed by atoms with Gasteiger partial charge >= 0.3 is 0 Å². The number of fused-ring (bicyclic) bond motifs is 1. The molecule has 0 amide bonds. The van der Waals surface area contributed by atoms with Gasteiger partial charge in [-0.2, -0.15) is 4.98 Å². The Morgan fingerprint density at radius 1 is 1.11 bits per heavy atom. The first-order chi connectivity index (χ1) is 13.6. The Morgan fingerprint density at radius 2 is 1.96 bits per heavy atom. The number of anilines is 3. The van der Waals surface area contributed by atoms with Crippen LogP contribution in [0.15, 0.2) is 54.7 Å². The van der Waals surface area contributed by atoms with Crippen molar-refractivity contribution in [1.82, 2.24) is 15.0 Å². The van der Waals surface area contributed by atoms with Crippen molar-refractivity contribution in [2.24, 2.45) is 0 Å². The van der Waals surface area contributed by atoms with Gasteiger partial charge in [0.1, 0.15) is 11.6 Å². The minimum absolute atomic E-state index is 0.0628. The summed E-state index contributed by atoms with van der Waals surface area (Å²) in [4.78, 5) is 12.2. The first kappa shape index (κ1) is 18.3. The summed E-state index contributed by atoms with van der Waals surface area (Å²) in [6, 6.07) is 14.5. The summed E-state index contributed by atoms with van der Waals surface area (Å²) in [5.41, 5.74) is 3.86. The first-order valence-corrected chi connectivity index (χ1v) is 9.33. The third kappa shape index (κ3) is 4.07. The molecule has 0 spiro atoms. The topological polar surface area (TPSA) is 65.6 Å². The number of rotatable bonds is 6. The Kier molecular flexibility index (Phi) is 5.12. The first-order valence-electron chi connectivity index (χ1n) is 8.95. The van der Waals surface area contributed by atoms with E-state index in [-0.39, 0.29) is 5.02 Å². The van der Waals surface area contributed by atoms with Crippen LogP contribution in [0.3, 0.4) is 0 Å². The highest BCUT2D eigenvalue weighted by Gasteiger charge is 2.06. The summed E-state index contributed by atoms with van der Waals surface area (Å²) in [5.74, 6) is 0.700. The van der Waals surface area contributed by atoms with Gasteiger partial charge in [0.15, 0.2) is 0 Å². The van der Waals surface area contributed by atoms with Gasteiger partial charge in [0.25, 0.3) is 0 Å². The molecule has 0 saturated heterocycles. The van der Waals surface area contributed by atoms with Crippen molar-refractivity contribution in [3.63, 3.8) is 0 Å². The van der Waals surface area contributed by atoms with Crippen molar-refractivity contribution >= 4 is 40.0 Å². The van der Waals surface area contributed by atoms with Crippen molar-refractivity contribution in [3.05, 3.63) is 76.8 Å². The van der Waals surface area contributed by atoms with Crippen LogP contribution in [0.25, 0.3) is 10.9 Å². The van der Waals surface area contributed by atoms with E-state index in [1.165, 1.54) is 23.1 Å². The van der Waals surface area contributed by atoms with Gasteiger partial charge < -0.3 is 15.6 Å². The van der Waals surface area contributed by atoms with Gasteiger partial charge in [0.05, 0.1) is 5.02 Å². The SMILES string of the molecule is Cc1cc(Nc2ccc(F)c(Cl)c2)nc(NCCc2c[nH]c3ccccc23)n1. The Balaban J connectivity index is 1.44. The van der Waals surface area contributed by atoms with Crippen LogP contribution >= 0.6 is 11.6 Å². The smallest absolute Gasteiger partial charge is 0.224 e. The molecule has 4 rings (SSSR count). The van der Waals surface area contributed by atoms with Gasteiger partial charge in [-0.15, -0.1) is 0 Å². The Labute approximate surface area is 167 Å². The average Bonchev–Trinajstić information content (AvgIpc) is 3.08. The van der Waals surface area contributed by atoms with Crippen LogP contribution in [0, 0.1) is 12.7 Å². The molecule has 2 aromatic heterocycles. The van der Waals surface area contributed by atoms with Gasteiger partial charge in [-0.1, -0.05) is 29.8 Å². The molecule has 0 aliphatic heterocycles. The summed E-state index contributed by atoms with van der Waals surface area (Å²) in [6.07, 6.45) is 2.88. The number of nitrogens with one attached hydrogen (secondary N) is 3. The molecule has 3 N–H and O–H groups in total. The van der Waals surface area contributed by atoms with E-state index in [4.69, 9.17) is 11.6 Å². The third-order valence-corrected chi connectivity index (χ3v) is 4.69. The van der Waals surface area contributed by atoms with Crippen LogP contribution in [-0.4, -0.2) is 21.5 Å². The van der Waals surface area contributed by atoms with Crippen LogP contribution in [0.2, 0.25) is 5.02 Å². The normalized spacial score (nSPS) is 11.0. The van der Waals surface area contributed by atoms with Gasteiger partial charge in [-0.05, 0) is 43.2 Å². The lowest BCUT2D eigenvalue weighted by atomic mass is 10.1. The molecule has 0 atom stereocenters. The fourth-order valence-electron chi connectivity index (χ4n) is 3.08. The van der Waals surface area contributed by atoms with E-state index >= 15 is 0 Å². The van der Waals surface area contributed by atoms with Crippen LogP contribution in [0.4, 0.5) is 21.8 Å². The van der Waals surface area contributed by atoms with Crippen molar-refractivity contribution in [1.29, 1.82) is 0 Å². The van der Waals surface area contributed by atoms with E-state index in [0.29, 0.717) is 24.0 Å². The Bertz CT molecular complexity index is 1120. The van der Waals surface area contributed by atoms with E-state index in [9.17, 15) is 4.39 Å². The van der Waals surface area contributed by atoms with Crippen LogP contribution in [0.5, 0.6) is 0 Å². The van der Waals surface area contributed by atoms with E-state index in [1.807, 2.05) is 31.3 Å². The number of hydrogen-bond donors (Lipinski definition) is 3. The molecule has 5 nitrogen and oxygen atoms in total. The number of aromatic nitrogens is 3. The maximum Gasteiger partial charge on any atom is 0.224 e. The molecule has 2 heterocycles. The molecule has 0 aliphatic carbocycles. The molecule has 0 radical (unpaired) electrons. The minimum Gasteiger partial charge on any atom is -0.361 e. The number of benzene rings is 2. The lowest BCUT2D eigenvalue weighted by Gasteiger charge is -2.10. The molecule has 0 saturated carbocycles. The molecule has 0 aliphatic rings. The van der Waals surface area contributed by atoms with Crippen LogP contribution in [0.1, 0.15) is 11.3 Å². The molecule has 0 bridgehead atoms. The number of halogens is 2. The van der Waals surface area contributed by atoms with Gasteiger partial charge in [0.2, 0.25) is 5.95 Å². The summed E-state index contributed by atoms with van der Waals surface area (Å²) < 4.78 is 13.3. The maximum absolute atomic E-state index is 13.3. The molecule has 0 fully saturated rings. The number of nitrogens with zero attached hydrogens (tertiary/aromatic N) is 2. The molecular formula is C21H19ClFN5. The number of hydrogen-bond acceptors (Lipinski definition) is 4. The highest BCUT2D eigenvalue weighted by molar-refractivity contribution is 6.31. The van der Waals surface area contributed by atoms with E-state index in [1.54, 1.807) is 6.07 Å². The molecule has 4 aromatic rings. The summed E-state index contributed by atoms with van der Waals surface area (Å²) in [5, 5.41) is 7.70. The number of aryl methyl sites for hydroxylation is 1. The van der Waals surface area contributed by atoms with Crippen LogP contribution < -0.4 is 10.6 Å². The highest BCUT2D eigenvalue weighted by Crippen LogP contribution is 2.23. The Morgan fingerprint density at radius 3 is 2.82 bits per heavy atom. The number of H-pyrrole nitrogens is 1. The van der Waals surface area contributed by atoms with Gasteiger partial charge in [-0.25, -0.2) is 9.37 Å². The summed E-state index contributed by atoms with van der Waals surface area (Å²) >= 11 is 5.84. The third-order valence-electron chi connectivity index (χ3n) is 4.40. The predicted octanol–water partition coefficient (Wildman–Crippen LogP) is 5.46. The average molecular weight is 396 g/mol. The zero-order valence-corrected chi connectivity index (χ0v) is 16.0. The Hall–Kier alpha value is -3.12. The molecule has 2 aromatic carbocycles. The number of aromatic amines is 1. The molecule has 0 unspecified atom stereocenters. The van der Waals surface area contributed by atoms with Crippen molar-refractivity contribution in [2.75, 3.05) is 17.2 Å². The second-order valence-electron chi connectivity index (χ2n) is 6.51. The zero-order chi connectivity index (χ0) is 19.5. The fraction of sp³-hybridized carbons (Fsp3) is 0.143. The standard InChI is InChI=1S/C21H19ClFN5/c1-13-10-20(27-15-6-7-18(23)17(22)11-15)28-21(26-13)24-9-8-14-12-25-19-5-3-2-4-16(14)19/h2-7,10-12,25H,8-9H2,1H3,(H2,24,26,27,28). The molecule has 142 valence electrons. The second-order valence-corrected chi connectivity index (χ2v) is 6.92. The molecule has 28 heavy (non-hydrogen) atoms. The largest absolute Gasteiger partial charge is 0.361 e. The quantitative estimate of drug-likeness (QED) is 0.405. The van der Waals surface area contributed by atoms with Crippen molar-refractivity contribution in [2.45, 2.75) is 13.3 Å². The minimum atomic E-state index is -0.453. The van der Waals surface area contributed by atoms with Crippen molar-refractivity contribution in [3.8, 4) is 0 Å². The lowest BCUT2D eigenvalue weighted by Crippen LogP contribution is -2.09.